The molecule has 4 nitrogen and oxygen atoms in total. The minimum atomic E-state index is -0.236. The van der Waals surface area contributed by atoms with Crippen molar-refractivity contribution in [3.05, 3.63) is 52.8 Å². The van der Waals surface area contributed by atoms with Crippen molar-refractivity contribution < 1.29 is 4.79 Å². The maximum absolute atomic E-state index is 12.0. The Kier molecular flexibility index (Phi) is 3.37. The first kappa shape index (κ1) is 12.2. The standard InChI is InChI=1S/C14H15N3O/c1-9-5-4-6-10(2)13(9)15-14(18)12-8-7-11(3)16-17-12/h4-8H,1-3H3,(H,15,18). The van der Waals surface area contributed by atoms with E-state index in [-0.39, 0.29) is 5.91 Å². The predicted octanol–water partition coefficient (Wildman–Crippen LogP) is 2.65. The van der Waals surface area contributed by atoms with E-state index in [1.54, 1.807) is 12.1 Å². The summed E-state index contributed by atoms with van der Waals surface area (Å²) in [6, 6.07) is 9.33. The molecule has 0 radical (unpaired) electrons. The van der Waals surface area contributed by atoms with Gasteiger partial charge in [-0.1, -0.05) is 18.2 Å². The molecule has 4 heteroatoms. The second-order valence-corrected chi connectivity index (χ2v) is 4.28. The molecule has 92 valence electrons. The Bertz CT molecular complexity index is 556. The van der Waals surface area contributed by atoms with Crippen LogP contribution in [0.25, 0.3) is 0 Å². The maximum atomic E-state index is 12.0. The molecule has 1 aromatic heterocycles. The number of amides is 1. The van der Waals surface area contributed by atoms with Gasteiger partial charge in [0.15, 0.2) is 5.69 Å². The van der Waals surface area contributed by atoms with Gasteiger partial charge in [-0.05, 0) is 44.0 Å². The molecule has 0 bridgehead atoms. The summed E-state index contributed by atoms with van der Waals surface area (Å²) < 4.78 is 0. The highest BCUT2D eigenvalue weighted by atomic mass is 16.1. The number of rotatable bonds is 2. The lowest BCUT2D eigenvalue weighted by molar-refractivity contribution is 0.102. The van der Waals surface area contributed by atoms with E-state index in [1.807, 2.05) is 39.0 Å². The summed E-state index contributed by atoms with van der Waals surface area (Å²) in [5, 5.41) is 10.6. The fraction of sp³-hybridized carbons (Fsp3) is 0.214. The van der Waals surface area contributed by atoms with Crippen LogP contribution in [0.3, 0.4) is 0 Å². The molecule has 0 saturated carbocycles. The molecule has 1 amide bonds. The second kappa shape index (κ2) is 4.96. The van der Waals surface area contributed by atoms with Crippen molar-refractivity contribution in [3.8, 4) is 0 Å². The van der Waals surface area contributed by atoms with Gasteiger partial charge in [0.2, 0.25) is 0 Å². The quantitative estimate of drug-likeness (QED) is 0.879. The van der Waals surface area contributed by atoms with E-state index in [0.717, 1.165) is 22.5 Å². The average Bonchev–Trinajstić information content (AvgIpc) is 2.34. The van der Waals surface area contributed by atoms with Crippen molar-refractivity contribution in [1.82, 2.24) is 10.2 Å². The minimum Gasteiger partial charge on any atom is -0.320 e. The monoisotopic (exact) mass is 241 g/mol. The largest absolute Gasteiger partial charge is 0.320 e. The molecule has 2 rings (SSSR count). The summed E-state index contributed by atoms with van der Waals surface area (Å²) in [5.74, 6) is -0.236. The molecule has 0 saturated heterocycles. The van der Waals surface area contributed by atoms with Crippen LogP contribution in [-0.2, 0) is 0 Å². The molecule has 0 fully saturated rings. The number of hydrogen-bond donors (Lipinski definition) is 1. The Morgan fingerprint density at radius 1 is 1.00 bits per heavy atom. The number of hydrogen-bond acceptors (Lipinski definition) is 3. The van der Waals surface area contributed by atoms with Crippen LogP contribution < -0.4 is 5.32 Å². The summed E-state index contributed by atoms with van der Waals surface area (Å²) in [4.78, 5) is 12.0. The predicted molar refractivity (Wildman–Crippen MR) is 70.6 cm³/mol. The van der Waals surface area contributed by atoms with Gasteiger partial charge in [-0.2, -0.15) is 5.10 Å². The molecule has 0 spiro atoms. The Balaban J connectivity index is 2.24. The van der Waals surface area contributed by atoms with Crippen LogP contribution in [0.5, 0.6) is 0 Å². The normalized spacial score (nSPS) is 10.2. The van der Waals surface area contributed by atoms with Gasteiger partial charge in [-0.3, -0.25) is 4.79 Å². The van der Waals surface area contributed by atoms with Crippen molar-refractivity contribution >= 4 is 11.6 Å². The number of nitrogens with zero attached hydrogens (tertiary/aromatic N) is 2. The van der Waals surface area contributed by atoms with Gasteiger partial charge < -0.3 is 5.32 Å². The number of aromatic nitrogens is 2. The number of benzene rings is 1. The van der Waals surface area contributed by atoms with E-state index in [9.17, 15) is 4.79 Å². The maximum Gasteiger partial charge on any atom is 0.276 e. The third-order valence-electron chi connectivity index (χ3n) is 2.75. The molecule has 0 aliphatic heterocycles. The number of carbonyl (C=O) groups is 1. The van der Waals surface area contributed by atoms with Gasteiger partial charge in [0, 0.05) is 5.69 Å². The number of carbonyl (C=O) groups excluding carboxylic acids is 1. The highest BCUT2D eigenvalue weighted by Gasteiger charge is 2.10. The van der Waals surface area contributed by atoms with Crippen molar-refractivity contribution in [2.45, 2.75) is 20.8 Å². The molecule has 1 aromatic carbocycles. The third kappa shape index (κ3) is 2.53. The Morgan fingerprint density at radius 2 is 1.67 bits per heavy atom. The highest BCUT2D eigenvalue weighted by molar-refractivity contribution is 6.03. The molecule has 0 unspecified atom stereocenters. The Hall–Kier alpha value is -2.23. The van der Waals surface area contributed by atoms with Crippen LogP contribution in [0.4, 0.5) is 5.69 Å². The molecular weight excluding hydrogens is 226 g/mol. The summed E-state index contributed by atoms with van der Waals surface area (Å²) in [6.07, 6.45) is 0. The van der Waals surface area contributed by atoms with Gasteiger partial charge in [-0.25, -0.2) is 0 Å². The van der Waals surface area contributed by atoms with Crippen molar-refractivity contribution in [2.24, 2.45) is 0 Å². The van der Waals surface area contributed by atoms with Crippen LogP contribution in [0.1, 0.15) is 27.3 Å². The van der Waals surface area contributed by atoms with E-state index in [1.165, 1.54) is 0 Å². The summed E-state index contributed by atoms with van der Waals surface area (Å²) in [5.41, 5.74) is 4.01. The van der Waals surface area contributed by atoms with Gasteiger partial charge in [0.25, 0.3) is 5.91 Å². The average molecular weight is 241 g/mol. The van der Waals surface area contributed by atoms with Crippen molar-refractivity contribution in [2.75, 3.05) is 5.32 Å². The molecular formula is C14H15N3O. The number of nitrogens with one attached hydrogen (secondary N) is 1. The van der Waals surface area contributed by atoms with Gasteiger partial charge >= 0.3 is 0 Å². The molecule has 0 atom stereocenters. The first-order valence-corrected chi connectivity index (χ1v) is 5.76. The zero-order chi connectivity index (χ0) is 13.1. The summed E-state index contributed by atoms with van der Waals surface area (Å²) in [6.45, 7) is 5.76. The molecule has 2 aromatic rings. The van der Waals surface area contributed by atoms with E-state index in [2.05, 4.69) is 15.5 Å². The fourth-order valence-electron chi connectivity index (χ4n) is 1.71. The summed E-state index contributed by atoms with van der Waals surface area (Å²) in [7, 11) is 0. The Labute approximate surface area is 106 Å². The van der Waals surface area contributed by atoms with Crippen LogP contribution in [-0.4, -0.2) is 16.1 Å². The van der Waals surface area contributed by atoms with Gasteiger partial charge in [0.05, 0.1) is 5.69 Å². The molecule has 0 aliphatic carbocycles. The molecule has 0 aliphatic rings. The SMILES string of the molecule is Cc1ccc(C(=O)Nc2c(C)cccc2C)nn1. The molecule has 1 N–H and O–H groups in total. The first-order valence-electron chi connectivity index (χ1n) is 5.76. The van der Waals surface area contributed by atoms with E-state index in [0.29, 0.717) is 5.69 Å². The fourth-order valence-corrected chi connectivity index (χ4v) is 1.71. The summed E-state index contributed by atoms with van der Waals surface area (Å²) >= 11 is 0. The number of aryl methyl sites for hydroxylation is 3. The van der Waals surface area contributed by atoms with Crippen LogP contribution in [0.2, 0.25) is 0 Å². The van der Waals surface area contributed by atoms with E-state index in [4.69, 9.17) is 0 Å². The lowest BCUT2D eigenvalue weighted by Crippen LogP contribution is -2.16. The lowest BCUT2D eigenvalue weighted by atomic mass is 10.1. The topological polar surface area (TPSA) is 54.9 Å². The smallest absolute Gasteiger partial charge is 0.276 e. The zero-order valence-electron chi connectivity index (χ0n) is 10.7. The van der Waals surface area contributed by atoms with E-state index >= 15 is 0 Å². The van der Waals surface area contributed by atoms with Crippen LogP contribution in [0.15, 0.2) is 30.3 Å². The van der Waals surface area contributed by atoms with E-state index < -0.39 is 0 Å². The lowest BCUT2D eigenvalue weighted by Gasteiger charge is -2.10. The second-order valence-electron chi connectivity index (χ2n) is 4.28. The number of para-hydroxylation sites is 1. The van der Waals surface area contributed by atoms with Crippen molar-refractivity contribution in [3.63, 3.8) is 0 Å². The zero-order valence-corrected chi connectivity index (χ0v) is 10.7. The van der Waals surface area contributed by atoms with Crippen molar-refractivity contribution in [1.29, 1.82) is 0 Å². The van der Waals surface area contributed by atoms with Crippen LogP contribution >= 0.6 is 0 Å². The van der Waals surface area contributed by atoms with Gasteiger partial charge in [0.1, 0.15) is 0 Å². The Morgan fingerprint density at radius 3 is 2.22 bits per heavy atom. The molecule has 18 heavy (non-hydrogen) atoms. The first-order chi connectivity index (χ1) is 8.58. The van der Waals surface area contributed by atoms with Crippen LogP contribution in [0, 0.1) is 20.8 Å². The highest BCUT2D eigenvalue weighted by Crippen LogP contribution is 2.19. The third-order valence-corrected chi connectivity index (χ3v) is 2.75. The number of anilines is 1. The molecule has 1 heterocycles. The van der Waals surface area contributed by atoms with Gasteiger partial charge in [-0.15, -0.1) is 5.10 Å². The minimum absolute atomic E-state index is 0.236.